The molecule has 1 unspecified atom stereocenters. The zero-order chi connectivity index (χ0) is 19.8. The van der Waals surface area contributed by atoms with Gasteiger partial charge in [0.1, 0.15) is 5.82 Å². The molecule has 2 fully saturated rings. The number of aryl methyl sites for hydroxylation is 1. The second-order valence-electron chi connectivity index (χ2n) is 7.10. The first-order valence-corrected chi connectivity index (χ1v) is 10.2. The fourth-order valence-corrected chi connectivity index (χ4v) is 4.81. The number of amides is 2. The number of carbonyl (C=O) groups is 2. The van der Waals surface area contributed by atoms with E-state index in [0.717, 1.165) is 0 Å². The third kappa shape index (κ3) is 4.45. The van der Waals surface area contributed by atoms with Crippen LogP contribution in [0.15, 0.2) is 18.2 Å². The number of benzene rings is 1. The molecular weight excluding hydrogens is 375 g/mol. The maximum Gasteiger partial charge on any atom is 0.279 e. The van der Waals surface area contributed by atoms with Crippen molar-refractivity contribution in [3.63, 3.8) is 0 Å². The quantitative estimate of drug-likeness (QED) is 0.753. The number of halogens is 1. The molecule has 0 bridgehead atoms. The lowest BCUT2D eigenvalue weighted by molar-refractivity contribution is -0.126. The Hall–Kier alpha value is -2.04. The van der Waals surface area contributed by atoms with E-state index in [1.54, 1.807) is 14.0 Å². The Morgan fingerprint density at radius 1 is 1.30 bits per heavy atom. The van der Waals surface area contributed by atoms with Gasteiger partial charge < -0.3 is 10.2 Å². The first-order chi connectivity index (χ1) is 12.7. The van der Waals surface area contributed by atoms with E-state index in [9.17, 15) is 22.4 Å². The van der Waals surface area contributed by atoms with E-state index in [4.69, 9.17) is 0 Å². The van der Waals surface area contributed by atoms with E-state index >= 15 is 0 Å². The van der Waals surface area contributed by atoms with Gasteiger partial charge in [0.2, 0.25) is 11.8 Å². The molecule has 0 spiro atoms. The van der Waals surface area contributed by atoms with Crippen molar-refractivity contribution in [2.75, 3.05) is 32.0 Å². The number of nitrogens with one attached hydrogen (secondary N) is 2. The number of hydrogen-bond donors (Lipinski definition) is 2. The number of carbonyl (C=O) groups excluding carboxylic acids is 2. The van der Waals surface area contributed by atoms with Crippen LogP contribution in [0.3, 0.4) is 0 Å². The number of nitrogens with zero attached hydrogens (tertiary/aromatic N) is 2. The summed E-state index contributed by atoms with van der Waals surface area (Å²) in [5.74, 6) is -1.24. The largest absolute Gasteiger partial charge is 0.344 e. The van der Waals surface area contributed by atoms with Crippen molar-refractivity contribution >= 4 is 27.7 Å². The zero-order valence-corrected chi connectivity index (χ0v) is 16.1. The minimum absolute atomic E-state index is 0.0673. The summed E-state index contributed by atoms with van der Waals surface area (Å²) < 4.78 is 42.1. The lowest BCUT2D eigenvalue weighted by Crippen LogP contribution is -2.45. The second-order valence-corrected chi connectivity index (χ2v) is 8.80. The smallest absolute Gasteiger partial charge is 0.279 e. The third-order valence-corrected chi connectivity index (χ3v) is 6.59. The van der Waals surface area contributed by atoms with Crippen molar-refractivity contribution < 1.29 is 22.4 Å². The van der Waals surface area contributed by atoms with Gasteiger partial charge in [0.15, 0.2) is 0 Å². The van der Waals surface area contributed by atoms with Gasteiger partial charge >= 0.3 is 0 Å². The maximum absolute atomic E-state index is 13.3. The molecule has 8 nitrogen and oxygen atoms in total. The third-order valence-electron chi connectivity index (χ3n) is 4.94. The Kier molecular flexibility index (Phi) is 5.50. The van der Waals surface area contributed by atoms with Crippen LogP contribution in [0.1, 0.15) is 18.4 Å². The fourth-order valence-electron chi connectivity index (χ4n) is 3.35. The molecule has 0 aliphatic carbocycles. The highest BCUT2D eigenvalue weighted by molar-refractivity contribution is 7.87. The van der Waals surface area contributed by atoms with E-state index in [1.807, 2.05) is 0 Å². The molecule has 2 amide bonds. The Morgan fingerprint density at radius 2 is 2.04 bits per heavy atom. The fraction of sp³-hybridized carbons (Fsp3) is 0.529. The minimum atomic E-state index is -3.77. The number of anilines is 1. The number of likely N-dealkylation sites (N-methyl/N-ethyl adjacent to an activating group) is 1. The van der Waals surface area contributed by atoms with Crippen LogP contribution in [-0.2, 0) is 19.8 Å². The molecule has 2 saturated heterocycles. The average Bonchev–Trinajstić information content (AvgIpc) is 3.19. The first-order valence-electron chi connectivity index (χ1n) is 8.74. The van der Waals surface area contributed by atoms with Gasteiger partial charge in [-0.2, -0.15) is 17.4 Å². The molecule has 10 heteroatoms. The van der Waals surface area contributed by atoms with Gasteiger partial charge in [-0.15, -0.1) is 0 Å². The van der Waals surface area contributed by atoms with Crippen LogP contribution < -0.4 is 10.0 Å². The van der Waals surface area contributed by atoms with E-state index in [0.29, 0.717) is 24.2 Å². The second kappa shape index (κ2) is 7.53. The van der Waals surface area contributed by atoms with Crippen molar-refractivity contribution in [2.45, 2.75) is 25.8 Å². The summed E-state index contributed by atoms with van der Waals surface area (Å²) in [6.45, 7) is 2.23. The van der Waals surface area contributed by atoms with E-state index in [-0.39, 0.29) is 37.1 Å². The molecule has 27 heavy (non-hydrogen) atoms. The molecule has 2 N–H and O–H groups in total. The SMILES string of the molecule is Cc1cc(NC(=O)[C@H]2CCN(S(=O)(=O)NC3CC(=O)N(C)C3)C2)ccc1F. The van der Waals surface area contributed by atoms with Gasteiger partial charge in [-0.05, 0) is 37.1 Å². The number of rotatable bonds is 5. The number of hydrogen-bond acceptors (Lipinski definition) is 4. The van der Waals surface area contributed by atoms with Gasteiger partial charge in [-0.1, -0.05) is 0 Å². The van der Waals surface area contributed by atoms with Crippen LogP contribution in [0, 0.1) is 18.7 Å². The van der Waals surface area contributed by atoms with Crippen LogP contribution >= 0.6 is 0 Å². The van der Waals surface area contributed by atoms with Gasteiger partial charge in [-0.25, -0.2) is 4.39 Å². The Balaban J connectivity index is 1.57. The Labute approximate surface area is 157 Å². The highest BCUT2D eigenvalue weighted by Crippen LogP contribution is 2.22. The van der Waals surface area contributed by atoms with Crippen LogP contribution in [0.4, 0.5) is 10.1 Å². The van der Waals surface area contributed by atoms with Crippen molar-refractivity contribution in [3.05, 3.63) is 29.6 Å². The van der Waals surface area contributed by atoms with Crippen molar-refractivity contribution in [2.24, 2.45) is 5.92 Å². The molecule has 2 heterocycles. The molecular formula is C17H23FN4O4S. The van der Waals surface area contributed by atoms with E-state index in [2.05, 4.69) is 10.0 Å². The Bertz CT molecular complexity index is 860. The summed E-state index contributed by atoms with van der Waals surface area (Å²) >= 11 is 0. The summed E-state index contributed by atoms with van der Waals surface area (Å²) in [5, 5.41) is 2.71. The summed E-state index contributed by atoms with van der Waals surface area (Å²) in [4.78, 5) is 25.5. The molecule has 0 radical (unpaired) electrons. The molecule has 2 aliphatic rings. The van der Waals surface area contributed by atoms with Gasteiger partial charge in [-0.3, -0.25) is 9.59 Å². The molecule has 2 atom stereocenters. The predicted molar refractivity (Wildman–Crippen MR) is 97.5 cm³/mol. The van der Waals surface area contributed by atoms with Crippen molar-refractivity contribution in [3.8, 4) is 0 Å². The van der Waals surface area contributed by atoms with Crippen molar-refractivity contribution in [1.82, 2.24) is 13.9 Å². The van der Waals surface area contributed by atoms with E-state index in [1.165, 1.54) is 27.4 Å². The molecule has 148 valence electrons. The highest BCUT2D eigenvalue weighted by atomic mass is 32.2. The molecule has 0 saturated carbocycles. The minimum Gasteiger partial charge on any atom is -0.344 e. The summed E-state index contributed by atoms with van der Waals surface area (Å²) in [5.41, 5.74) is 0.898. The zero-order valence-electron chi connectivity index (χ0n) is 15.2. The van der Waals surface area contributed by atoms with Gasteiger partial charge in [0.05, 0.1) is 5.92 Å². The van der Waals surface area contributed by atoms with Crippen LogP contribution in [0.5, 0.6) is 0 Å². The lowest BCUT2D eigenvalue weighted by atomic mass is 10.1. The topological polar surface area (TPSA) is 98.8 Å². The summed E-state index contributed by atoms with van der Waals surface area (Å²) in [6, 6.07) is 3.83. The highest BCUT2D eigenvalue weighted by Gasteiger charge is 2.38. The Morgan fingerprint density at radius 3 is 2.67 bits per heavy atom. The number of likely N-dealkylation sites (tertiary alicyclic amines) is 1. The van der Waals surface area contributed by atoms with Gasteiger partial charge in [0, 0.05) is 44.8 Å². The van der Waals surface area contributed by atoms with Crippen LogP contribution in [0.2, 0.25) is 0 Å². The van der Waals surface area contributed by atoms with Gasteiger partial charge in [0.25, 0.3) is 10.2 Å². The van der Waals surface area contributed by atoms with Crippen molar-refractivity contribution in [1.29, 1.82) is 0 Å². The summed E-state index contributed by atoms with van der Waals surface area (Å²) in [7, 11) is -2.14. The molecule has 3 rings (SSSR count). The molecule has 2 aliphatic heterocycles. The maximum atomic E-state index is 13.3. The molecule has 1 aromatic rings. The van der Waals surface area contributed by atoms with E-state index < -0.39 is 22.2 Å². The normalized spacial score (nSPS) is 23.8. The van der Waals surface area contributed by atoms with Crippen LogP contribution in [-0.4, -0.2) is 62.2 Å². The predicted octanol–water partition coefficient (Wildman–Crippen LogP) is 0.460. The first kappa shape index (κ1) is 19.7. The lowest BCUT2D eigenvalue weighted by Gasteiger charge is -2.20. The summed E-state index contributed by atoms with van der Waals surface area (Å²) in [6.07, 6.45) is 0.536. The van der Waals surface area contributed by atoms with Crippen LogP contribution in [0.25, 0.3) is 0 Å². The molecule has 0 aromatic heterocycles. The molecule has 1 aromatic carbocycles. The monoisotopic (exact) mass is 398 g/mol. The average molecular weight is 398 g/mol. The standard InChI is InChI=1S/C17H23FN4O4S/c1-11-7-13(3-4-15(11)18)19-17(24)12-5-6-22(9-12)27(25,26)20-14-8-16(23)21(2)10-14/h3-4,7,12,14,20H,5-6,8-10H2,1-2H3,(H,19,24)/t12-,14?/m0/s1.